The van der Waals surface area contributed by atoms with Crippen molar-refractivity contribution in [3.05, 3.63) is 58.4 Å². The van der Waals surface area contributed by atoms with Gasteiger partial charge in [0.2, 0.25) is 0 Å². The lowest BCUT2D eigenvalue weighted by Gasteiger charge is -1.99. The van der Waals surface area contributed by atoms with Gasteiger partial charge in [-0.1, -0.05) is 24.3 Å². The Balaban J connectivity index is 2.01. The summed E-state index contributed by atoms with van der Waals surface area (Å²) in [6, 6.07) is 12.1. The minimum Gasteiger partial charge on any atom is -0.319 e. The number of carbonyl (C=O) groups is 1. The fourth-order valence-corrected chi connectivity index (χ4v) is 4.21. The highest BCUT2D eigenvalue weighted by Gasteiger charge is 2.10. The van der Waals surface area contributed by atoms with Gasteiger partial charge in [0.1, 0.15) is 0 Å². The molecule has 0 aliphatic carbocycles. The van der Waals surface area contributed by atoms with Gasteiger partial charge in [-0.2, -0.15) is 4.99 Å². The molecule has 0 aliphatic heterocycles. The Labute approximate surface area is 150 Å². The summed E-state index contributed by atoms with van der Waals surface area (Å²) < 4.78 is 26.0. The number of benzene rings is 2. The Morgan fingerprint density at radius 3 is 2.44 bits per heavy atom. The van der Waals surface area contributed by atoms with Crippen LogP contribution in [0, 0.1) is 0 Å². The van der Waals surface area contributed by atoms with Gasteiger partial charge in [0.05, 0.1) is 15.1 Å². The molecule has 0 aliphatic rings. The van der Waals surface area contributed by atoms with E-state index in [-0.39, 0.29) is 4.90 Å². The minimum absolute atomic E-state index is 0.184. The van der Waals surface area contributed by atoms with Gasteiger partial charge in [0, 0.05) is 18.9 Å². The first-order valence-electron chi connectivity index (χ1n) is 7.77. The molecule has 0 fully saturated rings. The molecule has 0 unspecified atom stereocenters. The summed E-state index contributed by atoms with van der Waals surface area (Å²) in [6.07, 6.45) is 2.09. The van der Waals surface area contributed by atoms with Gasteiger partial charge in [0.25, 0.3) is 5.91 Å². The molecular formula is C18H18N2O3S2. The van der Waals surface area contributed by atoms with E-state index in [4.69, 9.17) is 0 Å². The van der Waals surface area contributed by atoms with E-state index in [1.54, 1.807) is 0 Å². The van der Waals surface area contributed by atoms with Crippen LogP contribution in [-0.2, 0) is 23.3 Å². The van der Waals surface area contributed by atoms with Gasteiger partial charge in [-0.25, -0.2) is 8.42 Å². The SMILES string of the molecule is CCc1ccc2c(c1)sc(=NC(=O)c1ccc(S(C)(=O)=O)cc1)n2C. The molecule has 130 valence electrons. The van der Waals surface area contributed by atoms with Crippen LogP contribution < -0.4 is 4.80 Å². The first-order valence-corrected chi connectivity index (χ1v) is 10.5. The second kappa shape index (κ2) is 6.57. The van der Waals surface area contributed by atoms with Gasteiger partial charge in [-0.05, 0) is 48.4 Å². The normalized spacial score (nSPS) is 12.7. The molecule has 1 aromatic heterocycles. The van der Waals surface area contributed by atoms with Crippen LogP contribution in [0.5, 0.6) is 0 Å². The first-order chi connectivity index (χ1) is 11.8. The summed E-state index contributed by atoms with van der Waals surface area (Å²) in [6.45, 7) is 2.10. The standard InChI is InChI=1S/C18H18N2O3S2/c1-4-12-5-10-15-16(11-12)24-18(20(15)2)19-17(21)13-6-8-14(9-7-13)25(3,22)23/h5-11H,4H2,1-3H3. The predicted octanol–water partition coefficient (Wildman–Crippen LogP) is 2.95. The van der Waals surface area contributed by atoms with Crippen molar-refractivity contribution in [3.8, 4) is 0 Å². The highest BCUT2D eigenvalue weighted by molar-refractivity contribution is 7.90. The number of hydrogen-bond acceptors (Lipinski definition) is 4. The second-order valence-electron chi connectivity index (χ2n) is 5.81. The molecule has 7 heteroatoms. The van der Waals surface area contributed by atoms with Crippen molar-refractivity contribution < 1.29 is 13.2 Å². The van der Waals surface area contributed by atoms with E-state index < -0.39 is 15.7 Å². The minimum atomic E-state index is -3.28. The summed E-state index contributed by atoms with van der Waals surface area (Å²) >= 11 is 1.46. The average molecular weight is 374 g/mol. The van der Waals surface area contributed by atoms with Crippen LogP contribution in [0.2, 0.25) is 0 Å². The topological polar surface area (TPSA) is 68.5 Å². The van der Waals surface area contributed by atoms with Crippen LogP contribution in [0.15, 0.2) is 52.4 Å². The molecule has 0 atom stereocenters. The predicted molar refractivity (Wildman–Crippen MR) is 99.6 cm³/mol. The number of fused-ring (bicyclic) bond motifs is 1. The Morgan fingerprint density at radius 2 is 1.84 bits per heavy atom. The number of hydrogen-bond donors (Lipinski definition) is 0. The smallest absolute Gasteiger partial charge is 0.279 e. The van der Waals surface area contributed by atoms with Crippen LogP contribution in [0.1, 0.15) is 22.8 Å². The van der Waals surface area contributed by atoms with Crippen LogP contribution >= 0.6 is 11.3 Å². The number of carbonyl (C=O) groups excluding carboxylic acids is 1. The summed E-state index contributed by atoms with van der Waals surface area (Å²) in [7, 11) is -1.40. The molecule has 3 rings (SSSR count). The van der Waals surface area contributed by atoms with Crippen molar-refractivity contribution >= 4 is 37.3 Å². The van der Waals surface area contributed by atoms with E-state index >= 15 is 0 Å². The molecule has 5 nitrogen and oxygen atoms in total. The number of aryl methyl sites for hydroxylation is 2. The molecule has 0 spiro atoms. The second-order valence-corrected chi connectivity index (χ2v) is 8.84. The zero-order valence-electron chi connectivity index (χ0n) is 14.2. The maximum absolute atomic E-state index is 12.4. The molecule has 0 N–H and O–H groups in total. The molecule has 0 saturated carbocycles. The molecule has 0 radical (unpaired) electrons. The van der Waals surface area contributed by atoms with Gasteiger partial charge >= 0.3 is 0 Å². The van der Waals surface area contributed by atoms with E-state index in [0.717, 1.165) is 22.9 Å². The summed E-state index contributed by atoms with van der Waals surface area (Å²) in [5, 5.41) is 0. The monoisotopic (exact) mass is 374 g/mol. The van der Waals surface area contributed by atoms with E-state index in [2.05, 4.69) is 24.0 Å². The van der Waals surface area contributed by atoms with Crippen LogP contribution in [-0.4, -0.2) is 25.1 Å². The van der Waals surface area contributed by atoms with Crippen molar-refractivity contribution in [2.45, 2.75) is 18.2 Å². The summed E-state index contributed by atoms with van der Waals surface area (Å²) in [5.41, 5.74) is 2.63. The van der Waals surface area contributed by atoms with E-state index in [0.29, 0.717) is 10.4 Å². The maximum atomic E-state index is 12.4. The van der Waals surface area contributed by atoms with Crippen molar-refractivity contribution in [2.24, 2.45) is 12.0 Å². The molecule has 0 saturated heterocycles. The van der Waals surface area contributed by atoms with Crippen molar-refractivity contribution in [3.63, 3.8) is 0 Å². The zero-order valence-corrected chi connectivity index (χ0v) is 15.8. The fourth-order valence-electron chi connectivity index (χ4n) is 2.50. The fraction of sp³-hybridized carbons (Fsp3) is 0.222. The van der Waals surface area contributed by atoms with Gasteiger partial charge in [-0.3, -0.25) is 4.79 Å². The molecule has 25 heavy (non-hydrogen) atoms. The van der Waals surface area contributed by atoms with Crippen LogP contribution in [0.4, 0.5) is 0 Å². The number of aromatic nitrogens is 1. The lowest BCUT2D eigenvalue weighted by molar-refractivity contribution is 0.0998. The summed E-state index contributed by atoms with van der Waals surface area (Å²) in [5.74, 6) is -0.391. The molecule has 0 bridgehead atoms. The molecule has 1 amide bonds. The molecule has 3 aromatic rings. The van der Waals surface area contributed by atoms with Gasteiger partial charge < -0.3 is 4.57 Å². The first kappa shape index (κ1) is 17.6. The van der Waals surface area contributed by atoms with Crippen molar-refractivity contribution in [1.82, 2.24) is 4.57 Å². The zero-order chi connectivity index (χ0) is 18.2. The Kier molecular flexibility index (Phi) is 4.62. The quantitative estimate of drug-likeness (QED) is 0.708. The van der Waals surface area contributed by atoms with Gasteiger partial charge in [0.15, 0.2) is 14.6 Å². The van der Waals surface area contributed by atoms with Crippen LogP contribution in [0.25, 0.3) is 10.2 Å². The Hall–Kier alpha value is -2.25. The number of rotatable bonds is 3. The third-order valence-corrected chi connectivity index (χ3v) is 6.23. The molecule has 1 heterocycles. The Bertz CT molecular complexity index is 1120. The van der Waals surface area contributed by atoms with E-state index in [1.165, 1.54) is 41.2 Å². The van der Waals surface area contributed by atoms with E-state index in [9.17, 15) is 13.2 Å². The Morgan fingerprint density at radius 1 is 1.16 bits per heavy atom. The average Bonchev–Trinajstić information content (AvgIpc) is 2.89. The van der Waals surface area contributed by atoms with Crippen LogP contribution in [0.3, 0.4) is 0 Å². The van der Waals surface area contributed by atoms with Crippen molar-refractivity contribution in [2.75, 3.05) is 6.26 Å². The largest absolute Gasteiger partial charge is 0.319 e. The van der Waals surface area contributed by atoms with Gasteiger partial charge in [-0.15, -0.1) is 0 Å². The third-order valence-electron chi connectivity index (χ3n) is 4.01. The lowest BCUT2D eigenvalue weighted by atomic mass is 10.2. The molecule has 2 aromatic carbocycles. The number of thiazole rings is 1. The number of nitrogens with zero attached hydrogens (tertiary/aromatic N) is 2. The highest BCUT2D eigenvalue weighted by atomic mass is 32.2. The maximum Gasteiger partial charge on any atom is 0.279 e. The highest BCUT2D eigenvalue weighted by Crippen LogP contribution is 2.19. The number of amides is 1. The summed E-state index contributed by atoms with van der Waals surface area (Å²) in [4.78, 5) is 17.4. The third kappa shape index (κ3) is 3.57. The van der Waals surface area contributed by atoms with E-state index in [1.807, 2.05) is 17.7 Å². The molecular weight excluding hydrogens is 356 g/mol. The number of sulfone groups is 1. The lowest BCUT2D eigenvalue weighted by Crippen LogP contribution is -2.13. The van der Waals surface area contributed by atoms with Crippen molar-refractivity contribution in [1.29, 1.82) is 0 Å².